The highest BCUT2D eigenvalue weighted by Crippen LogP contribution is 2.49. The molecule has 0 amide bonds. The summed E-state index contributed by atoms with van der Waals surface area (Å²) in [6.07, 6.45) is 0. The number of phenolic OH excluding ortho intramolecular Hbond substituents is 1. The van der Waals surface area contributed by atoms with Crippen molar-refractivity contribution in [1.82, 2.24) is 10.2 Å². The summed E-state index contributed by atoms with van der Waals surface area (Å²) >= 11 is 0. The number of nitriles is 1. The first-order valence-electron chi connectivity index (χ1n) is 9.22. The summed E-state index contributed by atoms with van der Waals surface area (Å²) < 4.78 is 10.5. The minimum absolute atomic E-state index is 0.00676. The van der Waals surface area contributed by atoms with Gasteiger partial charge >= 0.3 is 5.69 Å². The number of nitrogens with zero attached hydrogens (tertiary/aromatic N) is 4. The summed E-state index contributed by atoms with van der Waals surface area (Å²) in [5.74, 6) is -2.15. The number of nitrogens with one attached hydrogen (secondary N) is 1. The summed E-state index contributed by atoms with van der Waals surface area (Å²) in [6.45, 7) is 0. The van der Waals surface area contributed by atoms with Gasteiger partial charge in [0.2, 0.25) is 17.5 Å². The largest absolute Gasteiger partial charge is 0.500 e. The number of rotatable bonds is 5. The molecule has 4 rings (SSSR count). The maximum Gasteiger partial charge on any atom is 0.314 e. The Morgan fingerprint density at radius 2 is 2.03 bits per heavy atom. The van der Waals surface area contributed by atoms with Gasteiger partial charge in [0, 0.05) is 23.8 Å². The van der Waals surface area contributed by atoms with Crippen LogP contribution < -0.4 is 15.2 Å². The second kappa shape index (κ2) is 7.85. The van der Waals surface area contributed by atoms with Crippen molar-refractivity contribution in [2.45, 2.75) is 5.92 Å². The number of aromatic amines is 1. The zero-order valence-corrected chi connectivity index (χ0v) is 16.8. The standard InChI is InChI=1S/C20H14N6O7/c1-32-14-7-10(6-13(18(14)27)26(30)31)15-12(8-21)19(22)33-20-16(15)17(23-24-20)9-3-2-4-11(5-9)25(28)29/h2-7,15,27H,22H2,1H3,(H,23,24)/t15-/m1/s1. The van der Waals surface area contributed by atoms with Crippen LogP contribution in [0.1, 0.15) is 17.0 Å². The average Bonchev–Trinajstić information content (AvgIpc) is 3.21. The Hall–Kier alpha value is -5.12. The van der Waals surface area contributed by atoms with Crippen LogP contribution in [0.4, 0.5) is 11.4 Å². The van der Waals surface area contributed by atoms with Gasteiger partial charge in [0.1, 0.15) is 11.6 Å². The first-order valence-corrected chi connectivity index (χ1v) is 9.22. The molecule has 0 aliphatic carbocycles. The Morgan fingerprint density at radius 1 is 1.27 bits per heavy atom. The van der Waals surface area contributed by atoms with Gasteiger partial charge in [-0.2, -0.15) is 5.26 Å². The highest BCUT2D eigenvalue weighted by molar-refractivity contribution is 5.73. The molecule has 4 N–H and O–H groups in total. The van der Waals surface area contributed by atoms with Gasteiger partial charge < -0.3 is 20.3 Å². The Labute approximate surface area is 184 Å². The number of allylic oxidation sites excluding steroid dienone is 1. The lowest BCUT2D eigenvalue weighted by atomic mass is 9.82. The summed E-state index contributed by atoms with van der Waals surface area (Å²) in [6, 6.07) is 10.0. The van der Waals surface area contributed by atoms with E-state index >= 15 is 0 Å². The SMILES string of the molecule is COc1cc([C@@H]2C(C#N)=C(N)Oc3n[nH]c(-c4cccc([N+](=O)[O-])c4)c32)cc([N+](=O)[O-])c1O. The van der Waals surface area contributed by atoms with Crippen molar-refractivity contribution in [3.8, 4) is 34.7 Å². The molecule has 1 aliphatic rings. The van der Waals surface area contributed by atoms with Crippen molar-refractivity contribution in [3.05, 3.63) is 79.2 Å². The number of nitro groups is 2. The van der Waals surface area contributed by atoms with Crippen LogP contribution >= 0.6 is 0 Å². The highest BCUT2D eigenvalue weighted by atomic mass is 16.6. The van der Waals surface area contributed by atoms with Crippen molar-refractivity contribution >= 4 is 11.4 Å². The topological polar surface area (TPSA) is 203 Å². The molecule has 33 heavy (non-hydrogen) atoms. The van der Waals surface area contributed by atoms with E-state index < -0.39 is 27.2 Å². The fraction of sp³-hybridized carbons (Fsp3) is 0.100. The number of ether oxygens (including phenoxy) is 2. The molecule has 1 aromatic heterocycles. The lowest BCUT2D eigenvalue weighted by Crippen LogP contribution is -2.21. The van der Waals surface area contributed by atoms with Gasteiger partial charge in [0.25, 0.3) is 5.69 Å². The molecule has 1 aliphatic heterocycles. The van der Waals surface area contributed by atoms with Gasteiger partial charge in [-0.25, -0.2) is 0 Å². The van der Waals surface area contributed by atoms with Crippen molar-refractivity contribution in [2.24, 2.45) is 5.73 Å². The van der Waals surface area contributed by atoms with E-state index in [-0.39, 0.29) is 45.6 Å². The maximum atomic E-state index is 11.5. The van der Waals surface area contributed by atoms with Gasteiger partial charge in [-0.05, 0) is 11.6 Å². The molecule has 0 spiro atoms. The fourth-order valence-electron chi connectivity index (χ4n) is 3.65. The van der Waals surface area contributed by atoms with E-state index in [1.54, 1.807) is 6.07 Å². The minimum Gasteiger partial charge on any atom is -0.500 e. The van der Waals surface area contributed by atoms with Gasteiger partial charge in [-0.1, -0.05) is 12.1 Å². The number of nitrogens with two attached hydrogens (primary N) is 1. The first kappa shape index (κ1) is 21.1. The third kappa shape index (κ3) is 3.41. The molecule has 2 heterocycles. The van der Waals surface area contributed by atoms with E-state index in [0.29, 0.717) is 5.56 Å². The molecule has 13 nitrogen and oxygen atoms in total. The molecule has 2 aromatic carbocycles. The van der Waals surface area contributed by atoms with Gasteiger partial charge in [0.05, 0.1) is 34.1 Å². The zero-order valence-electron chi connectivity index (χ0n) is 16.8. The minimum atomic E-state index is -1.01. The van der Waals surface area contributed by atoms with E-state index in [2.05, 4.69) is 10.2 Å². The van der Waals surface area contributed by atoms with Crippen LogP contribution in [0, 0.1) is 31.6 Å². The molecule has 0 radical (unpaired) electrons. The number of aromatic hydroxyl groups is 1. The number of non-ortho nitro benzene ring substituents is 1. The normalized spacial score (nSPS) is 14.7. The monoisotopic (exact) mass is 450 g/mol. The number of fused-ring (bicyclic) bond motifs is 1. The Balaban J connectivity index is 2.00. The van der Waals surface area contributed by atoms with Crippen LogP contribution in [-0.2, 0) is 0 Å². The Bertz CT molecular complexity index is 1390. The van der Waals surface area contributed by atoms with Gasteiger partial charge in [0.15, 0.2) is 5.75 Å². The molecule has 0 fully saturated rings. The lowest BCUT2D eigenvalue weighted by Gasteiger charge is -2.24. The van der Waals surface area contributed by atoms with E-state index in [1.807, 2.05) is 6.07 Å². The average molecular weight is 450 g/mol. The summed E-state index contributed by atoms with van der Waals surface area (Å²) in [5, 5.41) is 49.5. The Kier molecular flexibility index (Phi) is 5.03. The van der Waals surface area contributed by atoms with Crippen LogP contribution in [-0.4, -0.2) is 32.3 Å². The first-order chi connectivity index (χ1) is 15.8. The van der Waals surface area contributed by atoms with Crippen LogP contribution in [0.25, 0.3) is 11.3 Å². The maximum absolute atomic E-state index is 11.5. The number of hydrogen-bond donors (Lipinski definition) is 3. The fourth-order valence-corrected chi connectivity index (χ4v) is 3.65. The predicted molar refractivity (Wildman–Crippen MR) is 111 cm³/mol. The van der Waals surface area contributed by atoms with E-state index in [9.17, 15) is 30.6 Å². The van der Waals surface area contributed by atoms with Crippen molar-refractivity contribution in [3.63, 3.8) is 0 Å². The molecule has 0 bridgehead atoms. The van der Waals surface area contributed by atoms with Crippen molar-refractivity contribution in [2.75, 3.05) is 7.11 Å². The molecule has 1 atom stereocenters. The van der Waals surface area contributed by atoms with E-state index in [0.717, 1.165) is 6.07 Å². The van der Waals surface area contributed by atoms with Crippen molar-refractivity contribution in [1.29, 1.82) is 5.26 Å². The van der Waals surface area contributed by atoms with Crippen LogP contribution in [0.2, 0.25) is 0 Å². The third-order valence-electron chi connectivity index (χ3n) is 5.11. The predicted octanol–water partition coefficient (Wildman–Crippen LogP) is 2.83. The number of aromatic nitrogens is 2. The molecular formula is C20H14N6O7. The lowest BCUT2D eigenvalue weighted by molar-refractivity contribution is -0.386. The summed E-state index contributed by atoms with van der Waals surface area (Å²) in [7, 11) is 1.22. The molecule has 3 aromatic rings. The van der Waals surface area contributed by atoms with Crippen molar-refractivity contribution < 1.29 is 24.4 Å². The molecule has 13 heteroatoms. The van der Waals surface area contributed by atoms with Crippen LogP contribution in [0.3, 0.4) is 0 Å². The van der Waals surface area contributed by atoms with Gasteiger partial charge in [-0.15, -0.1) is 5.10 Å². The number of methoxy groups -OCH3 is 1. The summed E-state index contributed by atoms with van der Waals surface area (Å²) in [5.41, 5.74) is 6.14. The second-order valence-corrected chi connectivity index (χ2v) is 6.90. The number of benzene rings is 2. The van der Waals surface area contributed by atoms with Crippen LogP contribution in [0.15, 0.2) is 47.9 Å². The number of hydrogen-bond acceptors (Lipinski definition) is 10. The van der Waals surface area contributed by atoms with E-state index in [1.165, 1.54) is 31.4 Å². The molecule has 0 saturated carbocycles. The number of phenols is 1. The number of H-pyrrole nitrogens is 1. The number of nitro benzene ring substituents is 2. The van der Waals surface area contributed by atoms with E-state index in [4.69, 9.17) is 15.2 Å². The molecule has 0 unspecified atom stereocenters. The second-order valence-electron chi connectivity index (χ2n) is 6.90. The quantitative estimate of drug-likeness (QED) is 0.383. The summed E-state index contributed by atoms with van der Waals surface area (Å²) in [4.78, 5) is 21.4. The third-order valence-corrected chi connectivity index (χ3v) is 5.11. The molecule has 0 saturated heterocycles. The van der Waals surface area contributed by atoms with Gasteiger partial charge in [-0.3, -0.25) is 25.3 Å². The zero-order chi connectivity index (χ0) is 23.9. The molecule has 166 valence electrons. The molecular weight excluding hydrogens is 436 g/mol. The van der Waals surface area contributed by atoms with Crippen LogP contribution in [0.5, 0.6) is 17.4 Å². The Morgan fingerprint density at radius 3 is 2.67 bits per heavy atom. The highest BCUT2D eigenvalue weighted by Gasteiger charge is 2.37. The smallest absolute Gasteiger partial charge is 0.314 e.